The number of halogens is 4. The van der Waals surface area contributed by atoms with Crippen LogP contribution < -0.4 is 15.8 Å². The van der Waals surface area contributed by atoms with Crippen molar-refractivity contribution in [2.75, 3.05) is 25.0 Å². The standard InChI is InChI=1S/C18H27F3N4O2.HI/c1-12-9-25(10-13(2)26-12)17(3,4)11-23-16(22)24-14-7-5-6-8-15(14)27-18(19,20)21;/h5-8,12-13H,9-11H2,1-4H3,(H3,22,23,24);1H. The topological polar surface area (TPSA) is 72.1 Å². The van der Waals surface area contributed by atoms with Gasteiger partial charge >= 0.3 is 6.36 Å². The van der Waals surface area contributed by atoms with Crippen LogP contribution >= 0.6 is 24.0 Å². The minimum atomic E-state index is -4.78. The zero-order valence-corrected chi connectivity index (χ0v) is 18.7. The molecular weight excluding hydrogens is 488 g/mol. The van der Waals surface area contributed by atoms with Crippen LogP contribution in [0.1, 0.15) is 27.7 Å². The lowest BCUT2D eigenvalue weighted by atomic mass is 10.0. The van der Waals surface area contributed by atoms with Gasteiger partial charge in [-0.3, -0.25) is 9.89 Å². The molecule has 0 amide bonds. The van der Waals surface area contributed by atoms with Crippen molar-refractivity contribution in [2.45, 2.75) is 51.8 Å². The van der Waals surface area contributed by atoms with E-state index in [9.17, 15) is 13.2 Å². The van der Waals surface area contributed by atoms with E-state index in [0.717, 1.165) is 13.1 Å². The molecule has 0 radical (unpaired) electrons. The maximum Gasteiger partial charge on any atom is 0.573 e. The zero-order valence-electron chi connectivity index (χ0n) is 16.4. The number of aliphatic imine (C=N–C) groups is 1. The molecule has 0 saturated carbocycles. The van der Waals surface area contributed by atoms with Crippen molar-refractivity contribution in [1.29, 1.82) is 0 Å². The van der Waals surface area contributed by atoms with Crippen molar-refractivity contribution >= 4 is 35.6 Å². The fourth-order valence-corrected chi connectivity index (χ4v) is 3.01. The lowest BCUT2D eigenvalue weighted by molar-refractivity contribution is -0.274. The van der Waals surface area contributed by atoms with Crippen molar-refractivity contribution in [3.05, 3.63) is 24.3 Å². The quantitative estimate of drug-likeness (QED) is 0.354. The number of alkyl halides is 3. The summed E-state index contributed by atoms with van der Waals surface area (Å²) in [5.74, 6) is -0.339. The molecule has 0 spiro atoms. The summed E-state index contributed by atoms with van der Waals surface area (Å²) in [5.41, 5.74) is 5.71. The second-order valence-electron chi connectivity index (χ2n) is 7.35. The number of ether oxygens (including phenoxy) is 2. The highest BCUT2D eigenvalue weighted by molar-refractivity contribution is 14.0. The van der Waals surface area contributed by atoms with Crippen molar-refractivity contribution in [1.82, 2.24) is 4.90 Å². The second kappa shape index (κ2) is 9.97. The van der Waals surface area contributed by atoms with Crippen LogP contribution in [0.15, 0.2) is 29.3 Å². The van der Waals surface area contributed by atoms with Gasteiger partial charge in [0.2, 0.25) is 0 Å². The highest BCUT2D eigenvalue weighted by Gasteiger charge is 2.33. The molecule has 2 atom stereocenters. The fraction of sp³-hybridized carbons (Fsp3) is 0.611. The van der Waals surface area contributed by atoms with Crippen molar-refractivity contribution in [3.8, 4) is 5.75 Å². The molecular formula is C18H28F3IN4O2. The van der Waals surface area contributed by atoms with Crippen molar-refractivity contribution < 1.29 is 22.6 Å². The fourth-order valence-electron chi connectivity index (χ4n) is 3.01. The third-order valence-corrected chi connectivity index (χ3v) is 4.29. The molecule has 1 heterocycles. The Balaban J connectivity index is 0.00000392. The van der Waals surface area contributed by atoms with E-state index in [4.69, 9.17) is 10.5 Å². The van der Waals surface area contributed by atoms with E-state index in [-0.39, 0.29) is 59.1 Å². The molecule has 1 aromatic carbocycles. The van der Waals surface area contributed by atoms with Gasteiger partial charge in [-0.05, 0) is 39.8 Å². The molecule has 2 rings (SSSR count). The van der Waals surface area contributed by atoms with Crippen LogP contribution in [0.3, 0.4) is 0 Å². The maximum absolute atomic E-state index is 12.5. The molecule has 1 saturated heterocycles. The highest BCUT2D eigenvalue weighted by Crippen LogP contribution is 2.29. The van der Waals surface area contributed by atoms with E-state index in [1.807, 2.05) is 13.8 Å². The average Bonchev–Trinajstić information content (AvgIpc) is 2.53. The molecule has 1 aliphatic heterocycles. The number of nitrogens with two attached hydrogens (primary N) is 1. The predicted molar refractivity (Wildman–Crippen MR) is 114 cm³/mol. The van der Waals surface area contributed by atoms with Gasteiger partial charge in [0.1, 0.15) is 0 Å². The van der Waals surface area contributed by atoms with Crippen LogP contribution in [0, 0.1) is 0 Å². The summed E-state index contributed by atoms with van der Waals surface area (Å²) in [4.78, 5) is 6.60. The van der Waals surface area contributed by atoms with Crippen LogP contribution in [0.25, 0.3) is 0 Å². The first kappa shape index (κ1) is 24.8. The maximum atomic E-state index is 12.5. The summed E-state index contributed by atoms with van der Waals surface area (Å²) < 4.78 is 47.3. The normalized spacial score (nSPS) is 21.8. The largest absolute Gasteiger partial charge is 0.573 e. The number of rotatable bonds is 5. The van der Waals surface area contributed by atoms with Crippen LogP contribution in [-0.2, 0) is 4.74 Å². The minimum Gasteiger partial charge on any atom is -0.404 e. The van der Waals surface area contributed by atoms with Gasteiger partial charge in [-0.25, -0.2) is 0 Å². The Hall–Kier alpha value is -1.27. The van der Waals surface area contributed by atoms with Gasteiger partial charge in [0.15, 0.2) is 11.7 Å². The molecule has 2 unspecified atom stereocenters. The summed E-state index contributed by atoms with van der Waals surface area (Å²) in [6.07, 6.45) is -4.53. The summed E-state index contributed by atoms with van der Waals surface area (Å²) in [6.45, 7) is 10.1. The van der Waals surface area contributed by atoms with Crippen LogP contribution in [0.4, 0.5) is 18.9 Å². The Kier molecular flexibility index (Phi) is 8.82. The first-order valence-electron chi connectivity index (χ1n) is 8.78. The summed E-state index contributed by atoms with van der Waals surface area (Å²) >= 11 is 0. The van der Waals surface area contributed by atoms with Gasteiger partial charge in [0.25, 0.3) is 0 Å². The number of nitrogens with one attached hydrogen (secondary N) is 1. The Bertz CT molecular complexity index is 660. The van der Waals surface area contributed by atoms with E-state index in [1.165, 1.54) is 18.2 Å². The number of hydrogen-bond acceptors (Lipinski definition) is 4. The zero-order chi connectivity index (χ0) is 20.2. The van der Waals surface area contributed by atoms with E-state index < -0.39 is 6.36 Å². The highest BCUT2D eigenvalue weighted by atomic mass is 127. The van der Waals surface area contributed by atoms with E-state index in [2.05, 4.69) is 33.8 Å². The molecule has 28 heavy (non-hydrogen) atoms. The molecule has 6 nitrogen and oxygen atoms in total. The molecule has 1 fully saturated rings. The van der Waals surface area contributed by atoms with E-state index in [0.29, 0.717) is 6.54 Å². The monoisotopic (exact) mass is 516 g/mol. The Morgan fingerprint density at radius 3 is 2.39 bits per heavy atom. The predicted octanol–water partition coefficient (Wildman–Crippen LogP) is 3.82. The number of anilines is 1. The number of nitrogens with zero attached hydrogens (tertiary/aromatic N) is 2. The smallest absolute Gasteiger partial charge is 0.404 e. The molecule has 10 heteroatoms. The molecule has 3 N–H and O–H groups in total. The number of hydrogen-bond donors (Lipinski definition) is 2. The Labute approximate surface area is 180 Å². The van der Waals surface area contributed by atoms with E-state index in [1.54, 1.807) is 6.07 Å². The number of morpholine rings is 1. The summed E-state index contributed by atoms with van der Waals surface area (Å²) in [6, 6.07) is 5.69. The van der Waals surface area contributed by atoms with Gasteiger partial charge in [0, 0.05) is 18.6 Å². The Morgan fingerprint density at radius 2 is 1.82 bits per heavy atom. The SMILES string of the molecule is CC1CN(C(C)(C)CN=C(N)Nc2ccccc2OC(F)(F)F)CC(C)O1.I. The van der Waals surface area contributed by atoms with Crippen LogP contribution in [0.5, 0.6) is 5.75 Å². The van der Waals surface area contributed by atoms with Gasteiger partial charge in [-0.2, -0.15) is 0 Å². The molecule has 160 valence electrons. The van der Waals surface area contributed by atoms with Gasteiger partial charge in [-0.15, -0.1) is 37.1 Å². The molecule has 1 aromatic rings. The second-order valence-corrected chi connectivity index (χ2v) is 7.35. The Morgan fingerprint density at radius 1 is 1.25 bits per heavy atom. The summed E-state index contributed by atoms with van der Waals surface area (Å²) in [5, 5.41) is 2.69. The first-order valence-corrected chi connectivity index (χ1v) is 8.78. The van der Waals surface area contributed by atoms with Crippen LogP contribution in [-0.4, -0.2) is 54.6 Å². The van der Waals surface area contributed by atoms with E-state index >= 15 is 0 Å². The van der Waals surface area contributed by atoms with Gasteiger partial charge in [0.05, 0.1) is 24.4 Å². The number of guanidine groups is 1. The lowest BCUT2D eigenvalue weighted by Gasteiger charge is -2.44. The van der Waals surface area contributed by atoms with Crippen LogP contribution in [0.2, 0.25) is 0 Å². The number of benzene rings is 1. The molecule has 0 bridgehead atoms. The molecule has 1 aliphatic rings. The number of para-hydroxylation sites is 2. The average molecular weight is 516 g/mol. The first-order chi connectivity index (χ1) is 12.5. The third-order valence-electron chi connectivity index (χ3n) is 4.29. The summed E-state index contributed by atoms with van der Waals surface area (Å²) in [7, 11) is 0. The lowest BCUT2D eigenvalue weighted by Crippen LogP contribution is -2.56. The minimum absolute atomic E-state index is 0. The molecule has 0 aliphatic carbocycles. The van der Waals surface area contributed by atoms with Crippen molar-refractivity contribution in [2.24, 2.45) is 10.7 Å². The van der Waals surface area contributed by atoms with Gasteiger partial charge < -0.3 is 20.5 Å². The van der Waals surface area contributed by atoms with Gasteiger partial charge in [-0.1, -0.05) is 12.1 Å². The molecule has 0 aromatic heterocycles. The van der Waals surface area contributed by atoms with Crippen molar-refractivity contribution in [3.63, 3.8) is 0 Å². The third kappa shape index (κ3) is 7.63.